The summed E-state index contributed by atoms with van der Waals surface area (Å²) in [6.07, 6.45) is 7.08. The summed E-state index contributed by atoms with van der Waals surface area (Å²) in [5.74, 6) is 0.660. The first-order chi connectivity index (χ1) is 16.9. The molecule has 1 N–H and O–H groups in total. The Bertz CT molecular complexity index is 1250. The first kappa shape index (κ1) is 26.3. The standard InChI is InChI=1S/C27H28ClN3O3S/c1-4-5-6-11-34-24-10-9-19(15-25(24)33-3)12-21(16-29)26(32)31-27-30-17-22(35-27)13-20-8-7-18(2)23(28)14-20/h7-10,12,14-15,17H,4-6,11,13H2,1-3H3,(H,30,31,32). The molecule has 0 radical (unpaired) electrons. The van der Waals surface area contributed by atoms with Gasteiger partial charge in [-0.3, -0.25) is 10.1 Å². The summed E-state index contributed by atoms with van der Waals surface area (Å²) in [7, 11) is 1.56. The Hall–Kier alpha value is -3.34. The molecule has 8 heteroatoms. The zero-order valence-corrected chi connectivity index (χ0v) is 21.6. The van der Waals surface area contributed by atoms with Gasteiger partial charge in [-0.2, -0.15) is 5.26 Å². The Morgan fingerprint density at radius 2 is 2.06 bits per heavy atom. The molecule has 0 aliphatic heterocycles. The zero-order chi connectivity index (χ0) is 25.2. The van der Waals surface area contributed by atoms with Crippen molar-refractivity contribution in [2.75, 3.05) is 19.0 Å². The summed E-state index contributed by atoms with van der Waals surface area (Å²) in [6.45, 7) is 4.71. The van der Waals surface area contributed by atoms with Crippen LogP contribution in [0.3, 0.4) is 0 Å². The summed E-state index contributed by atoms with van der Waals surface area (Å²) >= 11 is 7.57. The zero-order valence-electron chi connectivity index (χ0n) is 20.1. The van der Waals surface area contributed by atoms with E-state index in [1.54, 1.807) is 31.5 Å². The molecule has 0 fully saturated rings. The minimum Gasteiger partial charge on any atom is -0.493 e. The van der Waals surface area contributed by atoms with Crippen molar-refractivity contribution in [2.24, 2.45) is 0 Å². The highest BCUT2D eigenvalue weighted by molar-refractivity contribution is 7.15. The summed E-state index contributed by atoms with van der Waals surface area (Å²) in [5.41, 5.74) is 2.71. The molecule has 3 aromatic rings. The van der Waals surface area contributed by atoms with Crippen LogP contribution < -0.4 is 14.8 Å². The Morgan fingerprint density at radius 1 is 1.23 bits per heavy atom. The third kappa shape index (κ3) is 7.57. The fourth-order valence-corrected chi connectivity index (χ4v) is 4.35. The molecular weight excluding hydrogens is 482 g/mol. The smallest absolute Gasteiger partial charge is 0.268 e. The van der Waals surface area contributed by atoms with Gasteiger partial charge in [0, 0.05) is 22.5 Å². The number of halogens is 1. The highest BCUT2D eigenvalue weighted by atomic mass is 35.5. The number of anilines is 1. The molecule has 35 heavy (non-hydrogen) atoms. The van der Waals surface area contributed by atoms with Crippen molar-refractivity contribution < 1.29 is 14.3 Å². The number of nitriles is 1. The molecule has 2 aromatic carbocycles. The topological polar surface area (TPSA) is 84.2 Å². The lowest BCUT2D eigenvalue weighted by atomic mass is 10.1. The van der Waals surface area contributed by atoms with Crippen LogP contribution in [0.4, 0.5) is 5.13 Å². The van der Waals surface area contributed by atoms with E-state index in [2.05, 4.69) is 17.2 Å². The SMILES string of the molecule is CCCCCOc1ccc(C=C(C#N)C(=O)Nc2ncc(Cc3ccc(C)c(Cl)c3)s2)cc1OC. The van der Waals surface area contributed by atoms with Gasteiger partial charge in [-0.25, -0.2) is 4.98 Å². The van der Waals surface area contributed by atoms with Crippen LogP contribution in [0.1, 0.15) is 47.8 Å². The molecule has 0 spiro atoms. The highest BCUT2D eigenvalue weighted by Crippen LogP contribution is 2.29. The summed E-state index contributed by atoms with van der Waals surface area (Å²) in [4.78, 5) is 18.0. The van der Waals surface area contributed by atoms with E-state index in [0.29, 0.717) is 35.2 Å². The second-order valence-corrected chi connectivity index (χ2v) is 9.50. The number of thiazole rings is 1. The predicted molar refractivity (Wildman–Crippen MR) is 141 cm³/mol. The highest BCUT2D eigenvalue weighted by Gasteiger charge is 2.14. The van der Waals surface area contributed by atoms with Crippen LogP contribution in [0.2, 0.25) is 5.02 Å². The molecule has 1 heterocycles. The molecule has 3 rings (SSSR count). The fourth-order valence-electron chi connectivity index (χ4n) is 3.30. The molecule has 0 atom stereocenters. The quantitative estimate of drug-likeness (QED) is 0.174. The van der Waals surface area contributed by atoms with Crippen LogP contribution >= 0.6 is 22.9 Å². The normalized spacial score (nSPS) is 11.1. The fraction of sp³-hybridized carbons (Fsp3) is 0.296. The van der Waals surface area contributed by atoms with E-state index in [1.807, 2.05) is 31.2 Å². The van der Waals surface area contributed by atoms with Crippen LogP contribution in [0.25, 0.3) is 6.08 Å². The number of rotatable bonds is 11. The minimum atomic E-state index is -0.523. The van der Waals surface area contributed by atoms with Crippen LogP contribution in [-0.4, -0.2) is 24.6 Å². The number of aromatic nitrogens is 1. The molecule has 0 bridgehead atoms. The molecule has 0 saturated carbocycles. The number of carbonyl (C=O) groups excluding carboxylic acids is 1. The molecule has 1 aromatic heterocycles. The number of benzene rings is 2. The van der Waals surface area contributed by atoms with Crippen LogP contribution in [-0.2, 0) is 11.2 Å². The molecule has 1 amide bonds. The Kier molecular flexibility index (Phi) is 9.71. The summed E-state index contributed by atoms with van der Waals surface area (Å²) in [5, 5.41) is 13.4. The minimum absolute atomic E-state index is 0.0364. The van der Waals surface area contributed by atoms with Gasteiger partial charge < -0.3 is 9.47 Å². The van der Waals surface area contributed by atoms with Gasteiger partial charge in [-0.1, -0.05) is 49.6 Å². The Morgan fingerprint density at radius 3 is 2.77 bits per heavy atom. The lowest BCUT2D eigenvalue weighted by molar-refractivity contribution is -0.112. The Labute approximate surface area is 215 Å². The average molecular weight is 510 g/mol. The number of unbranched alkanes of at least 4 members (excludes halogenated alkanes) is 2. The van der Waals surface area contributed by atoms with E-state index < -0.39 is 5.91 Å². The maximum absolute atomic E-state index is 12.7. The number of nitrogens with one attached hydrogen (secondary N) is 1. The number of nitrogens with zero attached hydrogens (tertiary/aromatic N) is 2. The predicted octanol–water partition coefficient (Wildman–Crippen LogP) is 6.82. The maximum atomic E-state index is 12.7. The van der Waals surface area contributed by atoms with Gasteiger partial charge in [-0.05, 0) is 54.3 Å². The van der Waals surface area contributed by atoms with Crippen molar-refractivity contribution in [3.05, 3.63) is 74.8 Å². The molecule has 182 valence electrons. The number of amides is 1. The molecular formula is C27H28ClN3O3S. The lowest BCUT2D eigenvalue weighted by Crippen LogP contribution is -2.13. The summed E-state index contributed by atoms with van der Waals surface area (Å²) < 4.78 is 11.2. The second-order valence-electron chi connectivity index (χ2n) is 7.98. The van der Waals surface area contributed by atoms with E-state index in [0.717, 1.165) is 40.3 Å². The third-order valence-corrected chi connectivity index (χ3v) is 6.58. The summed E-state index contributed by atoms with van der Waals surface area (Å²) in [6, 6.07) is 13.2. The van der Waals surface area contributed by atoms with Crippen molar-refractivity contribution in [1.29, 1.82) is 5.26 Å². The van der Waals surface area contributed by atoms with Gasteiger partial charge in [0.1, 0.15) is 11.6 Å². The van der Waals surface area contributed by atoms with Gasteiger partial charge in [-0.15, -0.1) is 11.3 Å². The average Bonchev–Trinajstić information content (AvgIpc) is 3.29. The van der Waals surface area contributed by atoms with Gasteiger partial charge in [0.05, 0.1) is 13.7 Å². The number of ether oxygens (including phenoxy) is 2. The largest absolute Gasteiger partial charge is 0.493 e. The number of aryl methyl sites for hydroxylation is 1. The van der Waals surface area contributed by atoms with Crippen molar-refractivity contribution >= 4 is 40.1 Å². The molecule has 0 aliphatic rings. The molecule has 0 aliphatic carbocycles. The second kappa shape index (κ2) is 12.9. The van der Waals surface area contributed by atoms with Gasteiger partial charge in [0.15, 0.2) is 16.6 Å². The van der Waals surface area contributed by atoms with Gasteiger partial charge in [0.2, 0.25) is 0 Å². The number of hydrogen-bond donors (Lipinski definition) is 1. The Balaban J connectivity index is 1.67. The van der Waals surface area contributed by atoms with E-state index in [-0.39, 0.29) is 5.57 Å². The van der Waals surface area contributed by atoms with Gasteiger partial charge >= 0.3 is 0 Å². The number of methoxy groups -OCH3 is 1. The van der Waals surface area contributed by atoms with E-state index in [9.17, 15) is 10.1 Å². The molecule has 0 unspecified atom stereocenters. The third-order valence-electron chi connectivity index (χ3n) is 5.26. The van der Waals surface area contributed by atoms with E-state index in [1.165, 1.54) is 17.4 Å². The van der Waals surface area contributed by atoms with Crippen molar-refractivity contribution in [1.82, 2.24) is 4.98 Å². The van der Waals surface area contributed by atoms with Crippen LogP contribution in [0.15, 0.2) is 48.2 Å². The maximum Gasteiger partial charge on any atom is 0.268 e. The molecule has 6 nitrogen and oxygen atoms in total. The van der Waals surface area contributed by atoms with Crippen molar-refractivity contribution in [3.63, 3.8) is 0 Å². The van der Waals surface area contributed by atoms with E-state index >= 15 is 0 Å². The first-order valence-corrected chi connectivity index (χ1v) is 12.6. The molecule has 0 saturated heterocycles. The van der Waals surface area contributed by atoms with Crippen molar-refractivity contribution in [2.45, 2.75) is 39.5 Å². The lowest BCUT2D eigenvalue weighted by Gasteiger charge is -2.11. The van der Waals surface area contributed by atoms with Gasteiger partial charge in [0.25, 0.3) is 5.91 Å². The number of hydrogen-bond acceptors (Lipinski definition) is 6. The van der Waals surface area contributed by atoms with E-state index in [4.69, 9.17) is 21.1 Å². The van der Waals surface area contributed by atoms with Crippen molar-refractivity contribution in [3.8, 4) is 17.6 Å². The monoisotopic (exact) mass is 509 g/mol. The van der Waals surface area contributed by atoms with Crippen LogP contribution in [0.5, 0.6) is 11.5 Å². The number of carbonyl (C=O) groups is 1. The van der Waals surface area contributed by atoms with Crippen LogP contribution in [0, 0.1) is 18.3 Å². The first-order valence-electron chi connectivity index (χ1n) is 11.4.